The lowest BCUT2D eigenvalue weighted by atomic mass is 10.1. The van der Waals surface area contributed by atoms with Crippen LogP contribution in [-0.4, -0.2) is 23.0 Å². The number of carbonyl (C=O) groups is 1. The molecule has 2 heterocycles. The van der Waals surface area contributed by atoms with Crippen molar-refractivity contribution >= 4 is 34.7 Å². The van der Waals surface area contributed by atoms with Gasteiger partial charge < -0.3 is 15.4 Å². The van der Waals surface area contributed by atoms with Gasteiger partial charge in [-0.2, -0.15) is 13.2 Å². The maximum Gasteiger partial charge on any atom is 0.417 e. The summed E-state index contributed by atoms with van der Waals surface area (Å²) in [6, 6.07) is 8.78. The Bertz CT molecular complexity index is 1140. The predicted molar refractivity (Wildman–Crippen MR) is 112 cm³/mol. The molecule has 0 unspecified atom stereocenters. The van der Waals surface area contributed by atoms with Crippen LogP contribution in [-0.2, 0) is 6.18 Å². The second-order valence-corrected chi connectivity index (χ2v) is 7.08. The number of ether oxygens (including phenoxy) is 1. The molecule has 2 aromatic heterocycles. The molecule has 1 aromatic carbocycles. The predicted octanol–water partition coefficient (Wildman–Crippen LogP) is 5.77. The fraction of sp³-hybridized carbons (Fsp3) is 0.190. The molecule has 0 radical (unpaired) electrons. The van der Waals surface area contributed by atoms with E-state index in [0.29, 0.717) is 34.2 Å². The number of methoxy groups -OCH3 is 1. The third-order valence-electron chi connectivity index (χ3n) is 4.42. The molecular formula is C21H18ClF3N4O2. The Morgan fingerprint density at radius 1 is 1.10 bits per heavy atom. The lowest BCUT2D eigenvalue weighted by molar-refractivity contribution is -0.137. The van der Waals surface area contributed by atoms with E-state index in [0.717, 1.165) is 11.6 Å². The summed E-state index contributed by atoms with van der Waals surface area (Å²) in [6.07, 6.45) is -3.99. The number of halogens is 4. The highest BCUT2D eigenvalue weighted by Crippen LogP contribution is 2.32. The van der Waals surface area contributed by atoms with Crippen LogP contribution in [0.3, 0.4) is 0 Å². The summed E-state index contributed by atoms with van der Waals surface area (Å²) in [7, 11) is 1.45. The van der Waals surface area contributed by atoms with Gasteiger partial charge in [0, 0.05) is 23.0 Å². The summed E-state index contributed by atoms with van der Waals surface area (Å²) in [5, 5.41) is 6.00. The van der Waals surface area contributed by atoms with Crippen LogP contribution in [0.2, 0.25) is 5.02 Å². The third-order valence-corrected chi connectivity index (χ3v) is 4.65. The highest BCUT2D eigenvalue weighted by Gasteiger charge is 2.32. The minimum absolute atomic E-state index is 0.0324. The molecule has 0 aliphatic carbocycles. The first-order valence-electron chi connectivity index (χ1n) is 9.02. The number of anilines is 3. The van der Waals surface area contributed by atoms with Gasteiger partial charge in [-0.05, 0) is 49.7 Å². The summed E-state index contributed by atoms with van der Waals surface area (Å²) < 4.78 is 44.7. The zero-order chi connectivity index (χ0) is 22.8. The zero-order valence-electron chi connectivity index (χ0n) is 16.8. The molecule has 31 heavy (non-hydrogen) atoms. The Kier molecular flexibility index (Phi) is 6.35. The molecule has 0 saturated carbocycles. The van der Waals surface area contributed by atoms with E-state index in [1.165, 1.54) is 13.2 Å². The molecule has 0 aliphatic heterocycles. The van der Waals surface area contributed by atoms with E-state index in [1.807, 2.05) is 0 Å². The zero-order valence-corrected chi connectivity index (χ0v) is 17.5. The van der Waals surface area contributed by atoms with Crippen molar-refractivity contribution in [2.45, 2.75) is 20.0 Å². The lowest BCUT2D eigenvalue weighted by Gasteiger charge is -2.16. The van der Waals surface area contributed by atoms with Gasteiger partial charge in [0.1, 0.15) is 5.82 Å². The molecule has 2 N–H and O–H groups in total. The Morgan fingerprint density at radius 3 is 2.42 bits per heavy atom. The van der Waals surface area contributed by atoms with E-state index in [2.05, 4.69) is 20.6 Å². The van der Waals surface area contributed by atoms with Crippen LogP contribution < -0.4 is 15.4 Å². The maximum atomic E-state index is 13.2. The normalized spacial score (nSPS) is 11.2. The summed E-state index contributed by atoms with van der Waals surface area (Å²) in [5.74, 6) is -0.463. The number of hydrogen-bond donors (Lipinski definition) is 2. The second kappa shape index (κ2) is 8.81. The van der Waals surface area contributed by atoms with Gasteiger partial charge >= 0.3 is 6.18 Å². The van der Waals surface area contributed by atoms with E-state index in [9.17, 15) is 18.0 Å². The largest absolute Gasteiger partial charge is 0.481 e. The van der Waals surface area contributed by atoms with Crippen molar-refractivity contribution in [3.8, 4) is 5.88 Å². The molecule has 0 bridgehead atoms. The quantitative estimate of drug-likeness (QED) is 0.516. The Morgan fingerprint density at radius 2 is 1.81 bits per heavy atom. The number of benzene rings is 1. The van der Waals surface area contributed by atoms with Crippen molar-refractivity contribution < 1.29 is 22.7 Å². The lowest BCUT2D eigenvalue weighted by Crippen LogP contribution is -2.18. The minimum atomic E-state index is -4.66. The van der Waals surface area contributed by atoms with Crippen molar-refractivity contribution in [1.29, 1.82) is 0 Å². The number of amides is 1. The van der Waals surface area contributed by atoms with Gasteiger partial charge in [-0.15, -0.1) is 0 Å². The number of rotatable bonds is 5. The van der Waals surface area contributed by atoms with E-state index < -0.39 is 17.6 Å². The van der Waals surface area contributed by atoms with Crippen LogP contribution in [0.1, 0.15) is 27.2 Å². The number of alkyl halides is 3. The van der Waals surface area contributed by atoms with Gasteiger partial charge in [0.05, 0.1) is 29.6 Å². The first-order chi connectivity index (χ1) is 14.6. The number of nitrogens with one attached hydrogen (secondary N) is 2. The van der Waals surface area contributed by atoms with Gasteiger partial charge in [-0.25, -0.2) is 9.97 Å². The molecule has 10 heteroatoms. The smallest absolute Gasteiger partial charge is 0.417 e. The number of nitrogens with zero attached hydrogens (tertiary/aromatic N) is 2. The van der Waals surface area contributed by atoms with Crippen LogP contribution in [0, 0.1) is 13.8 Å². The van der Waals surface area contributed by atoms with Crippen LogP contribution in [0.25, 0.3) is 0 Å². The first kappa shape index (κ1) is 22.4. The van der Waals surface area contributed by atoms with Crippen molar-refractivity contribution in [2.24, 2.45) is 0 Å². The highest BCUT2D eigenvalue weighted by atomic mass is 35.5. The second-order valence-electron chi connectivity index (χ2n) is 6.64. The molecular weight excluding hydrogens is 433 g/mol. The molecule has 0 fully saturated rings. The van der Waals surface area contributed by atoms with Gasteiger partial charge in [-0.3, -0.25) is 4.79 Å². The van der Waals surface area contributed by atoms with Gasteiger partial charge in [0.2, 0.25) is 5.88 Å². The number of pyridine rings is 2. The molecule has 0 saturated heterocycles. The van der Waals surface area contributed by atoms with Crippen LogP contribution in [0.15, 0.2) is 42.6 Å². The van der Waals surface area contributed by atoms with Crippen molar-refractivity contribution in [3.05, 3.63) is 70.0 Å². The van der Waals surface area contributed by atoms with Gasteiger partial charge in [-0.1, -0.05) is 11.6 Å². The van der Waals surface area contributed by atoms with E-state index >= 15 is 0 Å². The SMILES string of the molecule is COc1ccc(NC(=O)c2cc(C(F)(F)F)cnc2Nc2ccc(Cl)cc2C)c(C)n1. The van der Waals surface area contributed by atoms with Crippen molar-refractivity contribution in [2.75, 3.05) is 17.7 Å². The Hall–Kier alpha value is -3.33. The fourth-order valence-electron chi connectivity index (χ4n) is 2.76. The number of aryl methyl sites for hydroxylation is 2. The first-order valence-corrected chi connectivity index (χ1v) is 9.39. The summed E-state index contributed by atoms with van der Waals surface area (Å²) >= 11 is 5.95. The van der Waals surface area contributed by atoms with Crippen molar-refractivity contribution in [1.82, 2.24) is 9.97 Å². The molecule has 6 nitrogen and oxygen atoms in total. The fourth-order valence-corrected chi connectivity index (χ4v) is 2.99. The van der Waals surface area contributed by atoms with E-state index in [4.69, 9.17) is 16.3 Å². The van der Waals surface area contributed by atoms with E-state index in [-0.39, 0.29) is 11.4 Å². The average molecular weight is 451 g/mol. The molecule has 3 aromatic rings. The molecule has 0 spiro atoms. The van der Waals surface area contributed by atoms with Crippen LogP contribution in [0.5, 0.6) is 5.88 Å². The molecule has 162 valence electrons. The molecule has 3 rings (SSSR count). The Balaban J connectivity index is 2.00. The summed E-state index contributed by atoms with van der Waals surface area (Å²) in [6.45, 7) is 3.41. The maximum absolute atomic E-state index is 13.2. The summed E-state index contributed by atoms with van der Waals surface area (Å²) in [4.78, 5) is 20.9. The van der Waals surface area contributed by atoms with Crippen LogP contribution >= 0.6 is 11.6 Å². The van der Waals surface area contributed by atoms with Crippen LogP contribution in [0.4, 0.5) is 30.4 Å². The summed E-state index contributed by atoms with van der Waals surface area (Å²) in [5.41, 5.74) is 0.733. The highest BCUT2D eigenvalue weighted by molar-refractivity contribution is 6.30. The standard InChI is InChI=1S/C21H18ClF3N4O2/c1-11-8-14(22)4-5-16(11)28-19-15(9-13(10-26-19)21(23,24)25)20(30)29-17-6-7-18(31-3)27-12(17)2/h4-10H,1-3H3,(H,26,28)(H,29,30). The van der Waals surface area contributed by atoms with E-state index in [1.54, 1.807) is 38.1 Å². The average Bonchev–Trinajstić information content (AvgIpc) is 2.70. The monoisotopic (exact) mass is 450 g/mol. The Labute approximate surface area is 181 Å². The molecule has 0 aliphatic rings. The minimum Gasteiger partial charge on any atom is -0.481 e. The number of hydrogen-bond acceptors (Lipinski definition) is 5. The topological polar surface area (TPSA) is 76.1 Å². The number of carbonyl (C=O) groups excluding carboxylic acids is 1. The number of aromatic nitrogens is 2. The molecule has 1 amide bonds. The van der Waals surface area contributed by atoms with Gasteiger partial charge in [0.25, 0.3) is 5.91 Å². The molecule has 0 atom stereocenters. The third kappa shape index (κ3) is 5.24. The van der Waals surface area contributed by atoms with Gasteiger partial charge in [0.15, 0.2) is 0 Å². The van der Waals surface area contributed by atoms with Crippen molar-refractivity contribution in [3.63, 3.8) is 0 Å².